The summed E-state index contributed by atoms with van der Waals surface area (Å²) < 4.78 is 30.9. The number of hydrogen-bond donors (Lipinski definition) is 0. The average Bonchev–Trinajstić information content (AvgIpc) is 3.70. The van der Waals surface area contributed by atoms with Gasteiger partial charge >= 0.3 is 21.7 Å². The van der Waals surface area contributed by atoms with Crippen LogP contribution < -0.4 is 10.5 Å². The van der Waals surface area contributed by atoms with Crippen molar-refractivity contribution in [2.75, 3.05) is 28.2 Å². The predicted molar refractivity (Wildman–Crippen MR) is 247 cm³/mol. The van der Waals surface area contributed by atoms with Gasteiger partial charge in [0.05, 0.1) is 0 Å². The minimum absolute atomic E-state index is 0. The van der Waals surface area contributed by atoms with Crippen LogP contribution in [-0.2, 0) is 37.3 Å². The number of aryl methyl sites for hydroxylation is 1. The molecule has 0 saturated heterocycles. The van der Waals surface area contributed by atoms with E-state index in [-0.39, 0.29) is 26.6 Å². The Bertz CT molecular complexity index is 2380. The molecule has 0 bridgehead atoms. The molecule has 0 aliphatic rings. The summed E-state index contributed by atoms with van der Waals surface area (Å²) in [5.74, 6) is 0. The molecule has 0 saturated carbocycles. The molecule has 0 aliphatic carbocycles. The zero-order valence-corrected chi connectivity index (χ0v) is 37.5. The van der Waals surface area contributed by atoms with E-state index >= 15 is 0 Å². The zero-order valence-electron chi connectivity index (χ0n) is 35.2. The van der Waals surface area contributed by atoms with Gasteiger partial charge in [-0.2, -0.15) is 0 Å². The van der Waals surface area contributed by atoms with Crippen LogP contribution in [0.1, 0.15) is 28.3 Å². The molecule has 0 aliphatic heterocycles. The maximum absolute atomic E-state index is 14.8. The Morgan fingerprint density at radius 3 is 1.49 bits per heavy atom. The maximum Gasteiger partial charge on any atom is 4.00 e. The Morgan fingerprint density at radius 1 is 0.574 bits per heavy atom. The van der Waals surface area contributed by atoms with Gasteiger partial charge in [-0.3, -0.25) is 4.99 Å². The second-order valence-corrected chi connectivity index (χ2v) is 14.7. The number of hydrogen-bond acceptors (Lipinski definition) is 4. The molecule has 0 spiro atoms. The van der Waals surface area contributed by atoms with Gasteiger partial charge in [-0.15, -0.1) is 32.9 Å². The Balaban J connectivity index is 0.000000277. The van der Waals surface area contributed by atoms with Gasteiger partial charge in [0, 0.05) is 47.6 Å². The predicted octanol–water partition coefficient (Wildman–Crippen LogP) is 11.9. The van der Waals surface area contributed by atoms with Gasteiger partial charge in [-0.05, 0) is 36.5 Å². The summed E-state index contributed by atoms with van der Waals surface area (Å²) in [6, 6.07) is 63.4. The fourth-order valence-corrected chi connectivity index (χ4v) is 7.12. The summed E-state index contributed by atoms with van der Waals surface area (Å²) in [6.45, 7) is 1.88. The SMILES string of the molecule is CN=c1cccccc1[N-]C.C[N-]c1ccccc[c+]1[N-]C.Cc1ccc(S(=O)(=O)[N-][C@@H](c2ccccc2)C([O-])(c2ccccc2)c2ccccc2)cc1.[Ti+4].c1ccccc1. The van der Waals surface area contributed by atoms with Crippen molar-refractivity contribution < 1.29 is 35.2 Å². The third-order valence-corrected chi connectivity index (χ3v) is 10.4. The third kappa shape index (κ3) is 14.9. The van der Waals surface area contributed by atoms with Gasteiger partial charge in [0.2, 0.25) is 0 Å². The van der Waals surface area contributed by atoms with Crippen molar-refractivity contribution in [3.63, 3.8) is 0 Å². The summed E-state index contributed by atoms with van der Waals surface area (Å²) in [5, 5.41) is 28.0. The number of nitrogens with zero attached hydrogens (tertiary/aromatic N) is 5. The van der Waals surface area contributed by atoms with E-state index in [9.17, 15) is 13.5 Å². The molecular formula is C51H51N5O3STi. The zero-order chi connectivity index (χ0) is 43.1. The van der Waals surface area contributed by atoms with Crippen molar-refractivity contribution in [2.24, 2.45) is 4.99 Å². The van der Waals surface area contributed by atoms with Gasteiger partial charge in [0.1, 0.15) is 10.0 Å². The smallest absolute Gasteiger partial charge is 0.843 e. The minimum Gasteiger partial charge on any atom is -0.843 e. The molecule has 7 rings (SSSR count). The van der Waals surface area contributed by atoms with Crippen molar-refractivity contribution in [1.29, 1.82) is 0 Å². The molecule has 308 valence electrons. The van der Waals surface area contributed by atoms with E-state index in [0.29, 0.717) is 16.7 Å². The Labute approximate surface area is 377 Å². The van der Waals surface area contributed by atoms with Crippen LogP contribution in [0.2, 0.25) is 0 Å². The van der Waals surface area contributed by atoms with Gasteiger partial charge in [-0.1, -0.05) is 192 Å². The van der Waals surface area contributed by atoms with Crippen molar-refractivity contribution >= 4 is 27.1 Å². The number of rotatable bonds is 10. The topological polar surface area (TPSA) is 126 Å². The van der Waals surface area contributed by atoms with Crippen LogP contribution in [-0.4, -0.2) is 36.6 Å². The first-order chi connectivity index (χ1) is 29.2. The van der Waals surface area contributed by atoms with Crippen LogP contribution in [0, 0.1) is 6.92 Å². The van der Waals surface area contributed by atoms with E-state index < -0.39 is 21.7 Å². The van der Waals surface area contributed by atoms with Gasteiger partial charge in [-0.25, -0.2) is 8.42 Å². The fourth-order valence-electron chi connectivity index (χ4n) is 5.97. The molecule has 0 amide bonds. The quantitative estimate of drug-likeness (QED) is 0.100. The van der Waals surface area contributed by atoms with Crippen LogP contribution in [0.15, 0.2) is 222 Å². The number of sulfonamides is 1. The largest absolute Gasteiger partial charge is 4.00 e. The molecule has 10 heteroatoms. The third-order valence-electron chi connectivity index (χ3n) is 9.08. The minimum atomic E-state index is -4.10. The molecule has 8 nitrogen and oxygen atoms in total. The molecule has 1 atom stereocenters. The summed E-state index contributed by atoms with van der Waals surface area (Å²) in [7, 11) is 2.97. The van der Waals surface area contributed by atoms with Gasteiger partial charge in [0.25, 0.3) is 0 Å². The average molecular weight is 862 g/mol. The van der Waals surface area contributed by atoms with E-state index in [1.807, 2.05) is 122 Å². The summed E-state index contributed by atoms with van der Waals surface area (Å²) >= 11 is 0. The number of benzene rings is 5. The maximum atomic E-state index is 14.8. The van der Waals surface area contributed by atoms with Crippen molar-refractivity contribution in [1.82, 2.24) is 0 Å². The molecule has 61 heavy (non-hydrogen) atoms. The van der Waals surface area contributed by atoms with Crippen molar-refractivity contribution in [3.05, 3.63) is 261 Å². The van der Waals surface area contributed by atoms with Gasteiger partial charge in [0.15, 0.2) is 0 Å². The fraction of sp³-hybridized carbons (Fsp3) is 0.137. The molecule has 0 N–H and O–H groups in total. The summed E-state index contributed by atoms with van der Waals surface area (Å²) in [6.07, 6.45) is 0. The molecule has 7 aromatic carbocycles. The molecule has 0 fully saturated rings. The van der Waals surface area contributed by atoms with E-state index in [0.717, 1.165) is 28.0 Å². The van der Waals surface area contributed by atoms with Crippen LogP contribution in [0.25, 0.3) is 20.7 Å². The molecule has 0 unspecified atom stereocenters. The normalized spacial score (nSPS) is 11.2. The Kier molecular flexibility index (Phi) is 21.3. The molecule has 0 aromatic heterocycles. The Morgan fingerprint density at radius 2 is 1.02 bits per heavy atom. The van der Waals surface area contributed by atoms with Crippen LogP contribution in [0.4, 0.5) is 17.1 Å². The second-order valence-electron chi connectivity index (χ2n) is 13.1. The summed E-state index contributed by atoms with van der Waals surface area (Å²) in [4.78, 5) is 4.15. The van der Waals surface area contributed by atoms with Crippen molar-refractivity contribution in [2.45, 2.75) is 23.5 Å². The van der Waals surface area contributed by atoms with Gasteiger partial charge < -0.3 is 25.8 Å². The molecule has 0 radical (unpaired) electrons. The van der Waals surface area contributed by atoms with Crippen molar-refractivity contribution in [3.8, 4) is 0 Å². The van der Waals surface area contributed by atoms with E-state index in [1.165, 1.54) is 12.1 Å². The molecule has 7 aromatic rings. The van der Waals surface area contributed by atoms with E-state index in [2.05, 4.69) is 25.7 Å². The molecular weight excluding hydrogens is 811 g/mol. The Hall–Kier alpha value is -5.94. The first-order valence-corrected chi connectivity index (χ1v) is 20.8. The van der Waals surface area contributed by atoms with Crippen LogP contribution in [0.3, 0.4) is 0 Å². The summed E-state index contributed by atoms with van der Waals surface area (Å²) in [5.41, 5.74) is 3.20. The standard InChI is InChI=1S/C27H23NO3S.2C9H11N2.C6H6.Ti/c1-21-17-19-25(20-18-21)32(30,31)28-26(22-11-5-2-6-12-22)27(29,23-13-7-3-8-14-23)24-15-9-4-10-16-24;2*1-10-8-6-4-3-5-7-9(8)11-2;1-2-4-6-5-3-1;/h2-20,26H,1H3;2*3-7H,1-2H3;1-6H;/q-2;2*-1;;+4/t26-;;;;/m0..../s1. The first-order valence-electron chi connectivity index (χ1n) is 19.3. The monoisotopic (exact) mass is 861 g/mol. The van der Waals surface area contributed by atoms with E-state index in [1.54, 1.807) is 113 Å². The molecule has 0 heterocycles. The van der Waals surface area contributed by atoms with Crippen LogP contribution >= 0.6 is 0 Å². The van der Waals surface area contributed by atoms with E-state index in [4.69, 9.17) is 0 Å². The first kappa shape index (κ1) is 49.4. The van der Waals surface area contributed by atoms with Crippen LogP contribution in [0.5, 0.6) is 0 Å². The second kappa shape index (κ2) is 26.3.